The smallest absolute Gasteiger partial charge is 0.282 e. The lowest BCUT2D eigenvalue weighted by molar-refractivity contribution is 0.0952. The van der Waals surface area contributed by atoms with Gasteiger partial charge in [0, 0.05) is 10.9 Å². The van der Waals surface area contributed by atoms with Crippen molar-refractivity contribution in [3.8, 4) is 11.3 Å². The first-order valence-electron chi connectivity index (χ1n) is 10.8. The molecular formula is C27H23N5O. The van der Waals surface area contributed by atoms with E-state index in [0.29, 0.717) is 18.1 Å². The number of aryl methyl sites for hydroxylation is 1. The molecule has 6 heteroatoms. The first kappa shape index (κ1) is 20.5. The average Bonchev–Trinajstić information content (AvgIpc) is 3.27. The van der Waals surface area contributed by atoms with Crippen molar-refractivity contribution in [3.63, 3.8) is 0 Å². The van der Waals surface area contributed by atoms with E-state index in [2.05, 4.69) is 15.8 Å². The molecule has 0 saturated carbocycles. The highest BCUT2D eigenvalue weighted by Crippen LogP contribution is 2.21. The van der Waals surface area contributed by atoms with Gasteiger partial charge in [0.25, 0.3) is 5.91 Å². The van der Waals surface area contributed by atoms with Gasteiger partial charge >= 0.3 is 0 Å². The van der Waals surface area contributed by atoms with Crippen LogP contribution in [0.5, 0.6) is 0 Å². The Morgan fingerprint density at radius 2 is 1.64 bits per heavy atom. The van der Waals surface area contributed by atoms with Crippen molar-refractivity contribution in [3.05, 3.63) is 114 Å². The van der Waals surface area contributed by atoms with E-state index in [1.807, 2.05) is 104 Å². The first-order valence-corrected chi connectivity index (χ1v) is 10.8. The fourth-order valence-electron chi connectivity index (χ4n) is 3.66. The number of carbonyl (C=O) groups excluding carboxylic acids is 1. The molecular weight excluding hydrogens is 410 g/mol. The number of fused-ring (bicyclic) bond motifs is 1. The number of amides is 1. The number of para-hydroxylation sites is 1. The number of carbonyl (C=O) groups is 1. The standard InChI is InChI=1S/C27H23N5O/c1-19-11-13-22(14-12-19)24-17-25(32(31-24)18-20-7-3-2-4-8-20)27(33)30-29-26-16-15-21-9-5-6-10-23(21)28-26/h2-17H,18H2,1H3,(H,28,29)(H,30,33). The summed E-state index contributed by atoms with van der Waals surface area (Å²) in [5.41, 5.74) is 11.0. The second-order valence-corrected chi connectivity index (χ2v) is 7.89. The van der Waals surface area contributed by atoms with Crippen LogP contribution in [0.1, 0.15) is 21.6 Å². The van der Waals surface area contributed by atoms with Crippen molar-refractivity contribution in [2.45, 2.75) is 13.5 Å². The number of anilines is 1. The van der Waals surface area contributed by atoms with E-state index in [1.54, 1.807) is 4.68 Å². The van der Waals surface area contributed by atoms with E-state index in [1.165, 1.54) is 5.56 Å². The lowest BCUT2D eigenvalue weighted by atomic mass is 10.1. The van der Waals surface area contributed by atoms with E-state index < -0.39 is 0 Å². The van der Waals surface area contributed by atoms with Gasteiger partial charge in [-0.3, -0.25) is 20.3 Å². The molecule has 0 fully saturated rings. The van der Waals surface area contributed by atoms with Gasteiger partial charge in [0.2, 0.25) is 0 Å². The normalized spacial score (nSPS) is 10.8. The third kappa shape index (κ3) is 4.60. The average molecular weight is 434 g/mol. The minimum Gasteiger partial charge on any atom is -0.282 e. The lowest BCUT2D eigenvalue weighted by Gasteiger charge is -2.10. The van der Waals surface area contributed by atoms with Crippen LogP contribution in [0.4, 0.5) is 5.82 Å². The van der Waals surface area contributed by atoms with Crippen molar-refractivity contribution in [1.82, 2.24) is 20.2 Å². The minimum atomic E-state index is -0.285. The molecule has 1 amide bonds. The van der Waals surface area contributed by atoms with Gasteiger partial charge < -0.3 is 0 Å². The second kappa shape index (κ2) is 8.96. The Labute approximate surface area is 191 Å². The van der Waals surface area contributed by atoms with Gasteiger partial charge in [-0.05, 0) is 36.8 Å². The molecule has 0 bridgehead atoms. The molecule has 2 aromatic heterocycles. The van der Waals surface area contributed by atoms with Gasteiger partial charge in [0.15, 0.2) is 0 Å². The highest BCUT2D eigenvalue weighted by Gasteiger charge is 2.17. The molecule has 0 spiro atoms. The Balaban J connectivity index is 1.41. The molecule has 0 atom stereocenters. The van der Waals surface area contributed by atoms with Crippen molar-refractivity contribution in [2.75, 3.05) is 5.43 Å². The zero-order chi connectivity index (χ0) is 22.6. The van der Waals surface area contributed by atoms with E-state index in [9.17, 15) is 4.79 Å². The maximum atomic E-state index is 13.1. The van der Waals surface area contributed by atoms with Gasteiger partial charge in [0.05, 0.1) is 17.8 Å². The Kier molecular flexibility index (Phi) is 5.55. The quantitative estimate of drug-likeness (QED) is 0.361. The zero-order valence-corrected chi connectivity index (χ0v) is 18.2. The molecule has 0 aliphatic carbocycles. The fraction of sp³-hybridized carbons (Fsp3) is 0.0741. The maximum Gasteiger partial charge on any atom is 0.287 e. The summed E-state index contributed by atoms with van der Waals surface area (Å²) in [6.07, 6.45) is 0. The summed E-state index contributed by atoms with van der Waals surface area (Å²) in [5, 5.41) is 5.77. The molecule has 0 unspecified atom stereocenters. The summed E-state index contributed by atoms with van der Waals surface area (Å²) < 4.78 is 1.73. The summed E-state index contributed by atoms with van der Waals surface area (Å²) in [6, 6.07) is 31.5. The van der Waals surface area contributed by atoms with Crippen molar-refractivity contribution in [1.29, 1.82) is 0 Å². The Bertz CT molecular complexity index is 1410. The number of hydrogen-bond donors (Lipinski definition) is 2. The van der Waals surface area contributed by atoms with E-state index in [0.717, 1.165) is 27.7 Å². The maximum absolute atomic E-state index is 13.1. The molecule has 0 aliphatic heterocycles. The monoisotopic (exact) mass is 433 g/mol. The topological polar surface area (TPSA) is 71.8 Å². The third-order valence-corrected chi connectivity index (χ3v) is 5.44. The molecule has 3 aromatic carbocycles. The van der Waals surface area contributed by atoms with Crippen LogP contribution >= 0.6 is 0 Å². The second-order valence-electron chi connectivity index (χ2n) is 7.89. The Morgan fingerprint density at radius 3 is 2.45 bits per heavy atom. The number of nitrogens with zero attached hydrogens (tertiary/aromatic N) is 3. The predicted octanol–water partition coefficient (Wildman–Crippen LogP) is 5.21. The predicted molar refractivity (Wildman–Crippen MR) is 131 cm³/mol. The number of hydrogen-bond acceptors (Lipinski definition) is 4. The number of benzene rings is 3. The van der Waals surface area contributed by atoms with Crippen LogP contribution in [-0.4, -0.2) is 20.7 Å². The van der Waals surface area contributed by atoms with Crippen LogP contribution in [-0.2, 0) is 6.54 Å². The van der Waals surface area contributed by atoms with Crippen LogP contribution in [0.3, 0.4) is 0 Å². The highest BCUT2D eigenvalue weighted by atomic mass is 16.2. The molecule has 0 aliphatic rings. The van der Waals surface area contributed by atoms with Crippen molar-refractivity contribution < 1.29 is 4.79 Å². The van der Waals surface area contributed by atoms with Gasteiger partial charge in [-0.2, -0.15) is 5.10 Å². The highest BCUT2D eigenvalue weighted by molar-refractivity contribution is 5.94. The fourth-order valence-corrected chi connectivity index (χ4v) is 3.66. The van der Waals surface area contributed by atoms with E-state index in [4.69, 9.17) is 5.10 Å². The largest absolute Gasteiger partial charge is 0.287 e. The Hall–Kier alpha value is -4.45. The molecule has 0 saturated heterocycles. The minimum absolute atomic E-state index is 0.285. The molecule has 0 radical (unpaired) electrons. The van der Waals surface area contributed by atoms with Gasteiger partial charge in [-0.1, -0.05) is 78.4 Å². The van der Waals surface area contributed by atoms with E-state index >= 15 is 0 Å². The van der Waals surface area contributed by atoms with Gasteiger partial charge in [-0.15, -0.1) is 0 Å². The molecule has 33 heavy (non-hydrogen) atoms. The van der Waals surface area contributed by atoms with Crippen molar-refractivity contribution in [2.24, 2.45) is 0 Å². The van der Waals surface area contributed by atoms with Crippen LogP contribution in [0, 0.1) is 6.92 Å². The van der Waals surface area contributed by atoms with Crippen LogP contribution in [0.2, 0.25) is 0 Å². The van der Waals surface area contributed by atoms with Crippen molar-refractivity contribution >= 4 is 22.6 Å². The number of nitrogens with one attached hydrogen (secondary N) is 2. The van der Waals surface area contributed by atoms with Gasteiger partial charge in [0.1, 0.15) is 11.5 Å². The summed E-state index contributed by atoms with van der Waals surface area (Å²) in [6.45, 7) is 2.53. The zero-order valence-electron chi connectivity index (χ0n) is 18.2. The Morgan fingerprint density at radius 1 is 0.879 bits per heavy atom. The molecule has 5 rings (SSSR count). The number of pyridine rings is 1. The molecule has 162 valence electrons. The summed E-state index contributed by atoms with van der Waals surface area (Å²) >= 11 is 0. The summed E-state index contributed by atoms with van der Waals surface area (Å²) in [5.74, 6) is 0.279. The molecule has 2 N–H and O–H groups in total. The van der Waals surface area contributed by atoms with Crippen LogP contribution < -0.4 is 10.9 Å². The summed E-state index contributed by atoms with van der Waals surface area (Å²) in [7, 11) is 0. The number of hydrazine groups is 1. The van der Waals surface area contributed by atoms with Gasteiger partial charge in [-0.25, -0.2) is 4.98 Å². The third-order valence-electron chi connectivity index (χ3n) is 5.44. The number of aromatic nitrogens is 3. The molecule has 6 nitrogen and oxygen atoms in total. The first-order chi connectivity index (χ1) is 16.2. The lowest BCUT2D eigenvalue weighted by Crippen LogP contribution is -2.31. The number of rotatable bonds is 6. The molecule has 2 heterocycles. The summed E-state index contributed by atoms with van der Waals surface area (Å²) in [4.78, 5) is 17.7. The SMILES string of the molecule is Cc1ccc(-c2cc(C(=O)NNc3ccc4ccccc4n3)n(Cc3ccccc3)n2)cc1. The van der Waals surface area contributed by atoms with Crippen LogP contribution in [0.25, 0.3) is 22.2 Å². The molecule has 5 aromatic rings. The van der Waals surface area contributed by atoms with E-state index in [-0.39, 0.29) is 5.91 Å². The van der Waals surface area contributed by atoms with Crippen LogP contribution in [0.15, 0.2) is 97.1 Å².